The highest BCUT2D eigenvalue weighted by atomic mass is 16.2. The summed E-state index contributed by atoms with van der Waals surface area (Å²) < 4.78 is 0. The van der Waals surface area contributed by atoms with E-state index in [1.54, 1.807) is 24.5 Å². The van der Waals surface area contributed by atoms with E-state index in [1.807, 2.05) is 5.01 Å². The number of hydrazine groups is 1. The van der Waals surface area contributed by atoms with Crippen molar-refractivity contribution in [2.24, 2.45) is 0 Å². The predicted octanol–water partition coefficient (Wildman–Crippen LogP) is 2.55. The van der Waals surface area contributed by atoms with Gasteiger partial charge in [-0.3, -0.25) is 15.2 Å². The maximum Gasteiger partial charge on any atom is 0.265 e. The van der Waals surface area contributed by atoms with Gasteiger partial charge in [-0.2, -0.15) is 0 Å². The molecule has 0 aromatic carbocycles. The van der Waals surface area contributed by atoms with Gasteiger partial charge in [-0.05, 0) is 31.4 Å². The molecule has 19 heavy (non-hydrogen) atoms. The Kier molecular flexibility index (Phi) is 5.10. The van der Waals surface area contributed by atoms with Crippen molar-refractivity contribution < 1.29 is 4.79 Å². The number of hydrogen-bond acceptors (Lipinski definition) is 3. The number of carbonyl (C=O) groups excluding carboxylic acids is 1. The fourth-order valence-electron chi connectivity index (χ4n) is 2.21. The smallest absolute Gasteiger partial charge is 0.265 e. The van der Waals surface area contributed by atoms with E-state index in [0.717, 1.165) is 25.9 Å². The average Bonchev–Trinajstić information content (AvgIpc) is 2.46. The summed E-state index contributed by atoms with van der Waals surface area (Å²) in [5.41, 5.74) is 5.05. The molecule has 0 spiro atoms. The standard InChI is InChI=1S/C15H21N3O/c1-2-3-5-13-6-4-11-18(12-13)17-15(19)14-7-9-16-10-8-14/h6-10H,2-5,11-12H2,1H3,(H,17,19). The highest BCUT2D eigenvalue weighted by Crippen LogP contribution is 2.14. The Morgan fingerprint density at radius 1 is 1.42 bits per heavy atom. The lowest BCUT2D eigenvalue weighted by atomic mass is 10.0. The third-order valence-electron chi connectivity index (χ3n) is 3.28. The molecule has 102 valence electrons. The topological polar surface area (TPSA) is 45.2 Å². The molecule has 0 aliphatic carbocycles. The third kappa shape index (κ3) is 4.17. The highest BCUT2D eigenvalue weighted by molar-refractivity contribution is 5.93. The maximum atomic E-state index is 12.0. The number of hydrogen-bond donors (Lipinski definition) is 1. The zero-order valence-corrected chi connectivity index (χ0v) is 11.4. The molecule has 1 aliphatic heterocycles. The van der Waals surface area contributed by atoms with Crippen LogP contribution in [0.25, 0.3) is 0 Å². The first-order valence-electron chi connectivity index (χ1n) is 6.93. The summed E-state index contributed by atoms with van der Waals surface area (Å²) >= 11 is 0. The van der Waals surface area contributed by atoms with Crippen LogP contribution >= 0.6 is 0 Å². The number of amides is 1. The van der Waals surface area contributed by atoms with Gasteiger partial charge in [-0.1, -0.05) is 25.0 Å². The number of nitrogens with one attached hydrogen (secondary N) is 1. The van der Waals surface area contributed by atoms with E-state index in [-0.39, 0.29) is 5.91 Å². The van der Waals surface area contributed by atoms with Gasteiger partial charge < -0.3 is 0 Å². The second kappa shape index (κ2) is 7.04. The minimum absolute atomic E-state index is 0.0564. The van der Waals surface area contributed by atoms with Gasteiger partial charge in [0, 0.05) is 31.0 Å². The van der Waals surface area contributed by atoms with Crippen molar-refractivity contribution in [3.8, 4) is 0 Å². The minimum atomic E-state index is -0.0564. The second-order valence-corrected chi connectivity index (χ2v) is 4.85. The zero-order valence-electron chi connectivity index (χ0n) is 11.4. The molecule has 1 N–H and O–H groups in total. The number of nitrogens with zero attached hydrogens (tertiary/aromatic N) is 2. The monoisotopic (exact) mass is 259 g/mol. The molecule has 2 rings (SSSR count). The molecule has 1 aliphatic rings. The Labute approximate surface area is 114 Å². The molecule has 1 amide bonds. The molecule has 1 aromatic rings. The van der Waals surface area contributed by atoms with Crippen LogP contribution in [0.4, 0.5) is 0 Å². The second-order valence-electron chi connectivity index (χ2n) is 4.85. The Hall–Kier alpha value is -1.68. The van der Waals surface area contributed by atoms with Crippen LogP contribution in [-0.2, 0) is 0 Å². The maximum absolute atomic E-state index is 12.0. The molecule has 0 unspecified atom stereocenters. The number of rotatable bonds is 5. The Morgan fingerprint density at radius 2 is 2.21 bits per heavy atom. The number of aromatic nitrogens is 1. The summed E-state index contributed by atoms with van der Waals surface area (Å²) in [7, 11) is 0. The van der Waals surface area contributed by atoms with Crippen molar-refractivity contribution in [3.63, 3.8) is 0 Å². The van der Waals surface area contributed by atoms with Crippen molar-refractivity contribution in [1.82, 2.24) is 15.4 Å². The van der Waals surface area contributed by atoms with Crippen molar-refractivity contribution in [2.75, 3.05) is 13.1 Å². The lowest BCUT2D eigenvalue weighted by Gasteiger charge is -2.27. The van der Waals surface area contributed by atoms with Gasteiger partial charge in [0.05, 0.1) is 0 Å². The van der Waals surface area contributed by atoms with E-state index in [2.05, 4.69) is 23.4 Å². The van der Waals surface area contributed by atoms with Crippen LogP contribution in [0.2, 0.25) is 0 Å². The van der Waals surface area contributed by atoms with E-state index >= 15 is 0 Å². The highest BCUT2D eigenvalue weighted by Gasteiger charge is 2.15. The molecule has 0 fully saturated rings. The van der Waals surface area contributed by atoms with Crippen LogP contribution in [0, 0.1) is 0 Å². The fraction of sp³-hybridized carbons (Fsp3) is 0.467. The van der Waals surface area contributed by atoms with Gasteiger partial charge >= 0.3 is 0 Å². The molecule has 0 saturated carbocycles. The Morgan fingerprint density at radius 3 is 2.95 bits per heavy atom. The largest absolute Gasteiger partial charge is 0.284 e. The lowest BCUT2D eigenvalue weighted by molar-refractivity contribution is 0.0797. The molecule has 0 radical (unpaired) electrons. The van der Waals surface area contributed by atoms with Gasteiger partial charge in [0.25, 0.3) is 5.91 Å². The van der Waals surface area contributed by atoms with E-state index in [0.29, 0.717) is 5.56 Å². The van der Waals surface area contributed by atoms with Gasteiger partial charge in [0.1, 0.15) is 0 Å². The molecule has 1 aromatic heterocycles. The number of carbonyl (C=O) groups is 1. The summed E-state index contributed by atoms with van der Waals surface area (Å²) in [5.74, 6) is -0.0564. The number of pyridine rings is 1. The molecular formula is C15H21N3O. The SMILES string of the molecule is CCCCC1=CCCN(NC(=O)c2ccncc2)C1. The van der Waals surface area contributed by atoms with E-state index in [9.17, 15) is 4.79 Å². The van der Waals surface area contributed by atoms with Gasteiger partial charge in [0.2, 0.25) is 0 Å². The summed E-state index contributed by atoms with van der Waals surface area (Å²) in [6.07, 6.45) is 10.2. The normalized spacial score (nSPS) is 15.9. The van der Waals surface area contributed by atoms with Crippen molar-refractivity contribution in [2.45, 2.75) is 32.6 Å². The summed E-state index contributed by atoms with van der Waals surface area (Å²) in [4.78, 5) is 16.0. The van der Waals surface area contributed by atoms with Crippen LogP contribution in [-0.4, -0.2) is 29.0 Å². The van der Waals surface area contributed by atoms with E-state index in [4.69, 9.17) is 0 Å². The Balaban J connectivity index is 1.87. The van der Waals surface area contributed by atoms with Crippen molar-refractivity contribution in [1.29, 1.82) is 0 Å². The molecular weight excluding hydrogens is 238 g/mol. The van der Waals surface area contributed by atoms with Gasteiger partial charge in [-0.15, -0.1) is 0 Å². The van der Waals surface area contributed by atoms with Gasteiger partial charge in [-0.25, -0.2) is 5.01 Å². The summed E-state index contributed by atoms with van der Waals surface area (Å²) in [6.45, 7) is 3.93. The van der Waals surface area contributed by atoms with Crippen LogP contribution < -0.4 is 5.43 Å². The molecule has 0 bridgehead atoms. The molecule has 4 nitrogen and oxygen atoms in total. The zero-order chi connectivity index (χ0) is 13.5. The molecule has 2 heterocycles. The first-order chi connectivity index (χ1) is 9.29. The van der Waals surface area contributed by atoms with E-state index < -0.39 is 0 Å². The molecule has 0 saturated heterocycles. The third-order valence-corrected chi connectivity index (χ3v) is 3.28. The van der Waals surface area contributed by atoms with Crippen LogP contribution in [0.15, 0.2) is 36.2 Å². The van der Waals surface area contributed by atoms with Gasteiger partial charge in [0.15, 0.2) is 0 Å². The lowest BCUT2D eigenvalue weighted by Crippen LogP contribution is -2.45. The van der Waals surface area contributed by atoms with Crippen molar-refractivity contribution >= 4 is 5.91 Å². The summed E-state index contributed by atoms with van der Waals surface area (Å²) in [6, 6.07) is 3.46. The first-order valence-corrected chi connectivity index (χ1v) is 6.93. The average molecular weight is 259 g/mol. The van der Waals surface area contributed by atoms with Crippen LogP contribution in [0.3, 0.4) is 0 Å². The van der Waals surface area contributed by atoms with Crippen molar-refractivity contribution in [3.05, 3.63) is 41.7 Å². The first kappa shape index (κ1) is 13.7. The van der Waals surface area contributed by atoms with Crippen LogP contribution in [0.5, 0.6) is 0 Å². The summed E-state index contributed by atoms with van der Waals surface area (Å²) in [5, 5.41) is 2.01. The molecule has 4 heteroatoms. The number of unbranched alkanes of at least 4 members (excludes halogenated alkanes) is 1. The van der Waals surface area contributed by atoms with Crippen LogP contribution in [0.1, 0.15) is 43.0 Å². The minimum Gasteiger partial charge on any atom is -0.284 e. The molecule has 0 atom stereocenters. The quantitative estimate of drug-likeness (QED) is 0.827. The Bertz CT molecular complexity index is 442. The fourth-order valence-corrected chi connectivity index (χ4v) is 2.21. The predicted molar refractivity (Wildman–Crippen MR) is 75.5 cm³/mol. The van der Waals surface area contributed by atoms with E-state index in [1.165, 1.54) is 18.4 Å².